The van der Waals surface area contributed by atoms with Crippen LogP contribution >= 0.6 is 0 Å². The van der Waals surface area contributed by atoms with Crippen molar-refractivity contribution in [1.29, 1.82) is 0 Å². The molecule has 5 aliphatic rings. The van der Waals surface area contributed by atoms with Gasteiger partial charge in [-0.25, -0.2) is 0 Å². The Balaban J connectivity index is 1.65. The van der Waals surface area contributed by atoms with E-state index in [4.69, 9.17) is 14.2 Å². The van der Waals surface area contributed by atoms with Crippen molar-refractivity contribution in [2.45, 2.75) is 125 Å². The van der Waals surface area contributed by atoms with Gasteiger partial charge in [0.1, 0.15) is 12.7 Å². The second kappa shape index (κ2) is 11.4. The monoisotopic (exact) mass is 644 g/mol. The molecule has 258 valence electrons. The highest BCUT2D eigenvalue weighted by Crippen LogP contribution is 2.76. The van der Waals surface area contributed by atoms with Crippen molar-refractivity contribution in [2.24, 2.45) is 50.2 Å². The Bertz CT molecular complexity index is 1310. The van der Waals surface area contributed by atoms with Crippen LogP contribution in [0.15, 0.2) is 24.3 Å². The van der Waals surface area contributed by atoms with Gasteiger partial charge in [-0.05, 0) is 84.4 Å². The number of carbonyl (C=O) groups is 3. The maximum Gasteiger partial charge on any atom is 0.303 e. The molecule has 3 unspecified atom stereocenters. The Hall–Kier alpha value is -2.23. The lowest BCUT2D eigenvalue weighted by atomic mass is 9.32. The quantitative estimate of drug-likeness (QED) is 0.209. The average molecular weight is 645 g/mol. The lowest BCUT2D eigenvalue weighted by molar-refractivity contribution is -0.263. The highest BCUT2D eigenvalue weighted by Gasteiger charge is 2.73. The second-order valence-corrected chi connectivity index (χ2v) is 16.8. The fourth-order valence-electron chi connectivity index (χ4n) is 11.6. The topological polar surface area (TPSA) is 140 Å². The first kappa shape index (κ1) is 35.1. The Kier molecular flexibility index (Phi) is 8.72. The molecule has 5 aliphatic carbocycles. The molecule has 0 saturated heterocycles. The molecule has 0 amide bonds. The summed E-state index contributed by atoms with van der Waals surface area (Å²) in [5, 5.41) is 35.4. The van der Waals surface area contributed by atoms with Crippen molar-refractivity contribution >= 4 is 17.9 Å². The number of hydrogen-bond acceptors (Lipinski definition) is 9. The molecule has 0 radical (unpaired) electrons. The first-order valence-electron chi connectivity index (χ1n) is 17.1. The summed E-state index contributed by atoms with van der Waals surface area (Å²) >= 11 is 0. The molecule has 3 N–H and O–H groups in total. The van der Waals surface area contributed by atoms with Crippen LogP contribution in [0.5, 0.6) is 0 Å². The summed E-state index contributed by atoms with van der Waals surface area (Å²) in [6, 6.07) is 0. The van der Waals surface area contributed by atoms with Gasteiger partial charge in [0, 0.05) is 26.2 Å². The summed E-state index contributed by atoms with van der Waals surface area (Å²) in [6.07, 6.45) is 5.26. The second-order valence-electron chi connectivity index (χ2n) is 16.8. The van der Waals surface area contributed by atoms with E-state index in [1.165, 1.54) is 26.3 Å². The van der Waals surface area contributed by atoms with Gasteiger partial charge in [0.05, 0.1) is 30.3 Å². The normalized spacial score (nSPS) is 47.5. The van der Waals surface area contributed by atoms with E-state index in [9.17, 15) is 29.7 Å². The number of allylic oxidation sites excluding steroid dienone is 3. The number of rotatable bonds is 6. The maximum atomic E-state index is 12.5. The van der Waals surface area contributed by atoms with Gasteiger partial charge in [0.15, 0.2) is 0 Å². The minimum absolute atomic E-state index is 0.0471. The summed E-state index contributed by atoms with van der Waals surface area (Å²) in [5.74, 6) is -1.54. The van der Waals surface area contributed by atoms with Crippen LogP contribution in [0.25, 0.3) is 0 Å². The van der Waals surface area contributed by atoms with Crippen LogP contribution in [0.4, 0.5) is 0 Å². The summed E-state index contributed by atoms with van der Waals surface area (Å²) in [7, 11) is 0. The van der Waals surface area contributed by atoms with Crippen molar-refractivity contribution in [3.05, 3.63) is 24.3 Å². The van der Waals surface area contributed by atoms with E-state index < -0.39 is 58.0 Å². The summed E-state index contributed by atoms with van der Waals surface area (Å²) in [4.78, 5) is 36.6. The average Bonchev–Trinajstić information content (AvgIpc) is 2.96. The van der Waals surface area contributed by atoms with E-state index in [0.29, 0.717) is 19.3 Å². The van der Waals surface area contributed by atoms with Gasteiger partial charge in [0.2, 0.25) is 0 Å². The van der Waals surface area contributed by atoms with Gasteiger partial charge in [-0.2, -0.15) is 0 Å². The predicted octanol–water partition coefficient (Wildman–Crippen LogP) is 4.90. The Morgan fingerprint density at radius 1 is 0.870 bits per heavy atom. The first-order valence-corrected chi connectivity index (χ1v) is 17.1. The Morgan fingerprint density at radius 2 is 1.50 bits per heavy atom. The SMILES string of the molecule is C=C[C@]12CC[C@H](O)[C@](C)(COC(C)=O)C1CC[C@]1(C)C2CC=C2C3CC(C)(C)[C@@H](O)[C@H](OC(C)=O)[C@]3(COC(C)=O)[C@H](O)C[C@]21C. The molecule has 5 rings (SSSR count). The van der Waals surface area contributed by atoms with Crippen molar-refractivity contribution in [3.8, 4) is 0 Å². The minimum Gasteiger partial charge on any atom is -0.465 e. The lowest BCUT2D eigenvalue weighted by Gasteiger charge is -2.72. The molecule has 4 fully saturated rings. The minimum atomic E-state index is -1.22. The number of ether oxygens (including phenoxy) is 3. The molecule has 46 heavy (non-hydrogen) atoms. The van der Waals surface area contributed by atoms with E-state index >= 15 is 0 Å². The Labute approximate surface area is 274 Å². The van der Waals surface area contributed by atoms with Gasteiger partial charge >= 0.3 is 17.9 Å². The molecule has 0 bridgehead atoms. The highest BCUT2D eigenvalue weighted by atomic mass is 16.6. The number of carbonyl (C=O) groups excluding carboxylic acids is 3. The Morgan fingerprint density at radius 3 is 2.09 bits per heavy atom. The van der Waals surface area contributed by atoms with Crippen LogP contribution in [-0.2, 0) is 28.6 Å². The fourth-order valence-corrected chi connectivity index (χ4v) is 11.6. The third-order valence-corrected chi connectivity index (χ3v) is 14.3. The van der Waals surface area contributed by atoms with Gasteiger partial charge < -0.3 is 29.5 Å². The lowest BCUT2D eigenvalue weighted by Crippen LogP contribution is -2.72. The molecule has 0 heterocycles. The van der Waals surface area contributed by atoms with Crippen molar-refractivity contribution in [3.63, 3.8) is 0 Å². The predicted molar refractivity (Wildman–Crippen MR) is 171 cm³/mol. The third kappa shape index (κ3) is 4.76. The van der Waals surface area contributed by atoms with Crippen LogP contribution in [0.3, 0.4) is 0 Å². The summed E-state index contributed by atoms with van der Waals surface area (Å²) in [6.45, 7) is 19.0. The van der Waals surface area contributed by atoms with E-state index in [-0.39, 0.29) is 47.8 Å². The zero-order valence-corrected chi connectivity index (χ0v) is 29.1. The summed E-state index contributed by atoms with van der Waals surface area (Å²) < 4.78 is 17.1. The molecule has 0 aromatic rings. The number of aliphatic hydroxyl groups is 3. The molecule has 9 nitrogen and oxygen atoms in total. The van der Waals surface area contributed by atoms with Crippen molar-refractivity contribution < 1.29 is 43.9 Å². The highest BCUT2D eigenvalue weighted by molar-refractivity contribution is 5.67. The molecule has 0 aromatic heterocycles. The zero-order valence-electron chi connectivity index (χ0n) is 29.1. The molecule has 9 heteroatoms. The number of fused-ring (bicyclic) bond motifs is 7. The molecule has 0 aliphatic heterocycles. The maximum absolute atomic E-state index is 12.5. The first-order chi connectivity index (χ1) is 21.3. The summed E-state index contributed by atoms with van der Waals surface area (Å²) in [5.41, 5.74) is -2.40. The van der Waals surface area contributed by atoms with Crippen molar-refractivity contribution in [1.82, 2.24) is 0 Å². The van der Waals surface area contributed by atoms with Crippen LogP contribution in [0, 0.1) is 50.2 Å². The smallest absolute Gasteiger partial charge is 0.303 e. The molecule has 0 spiro atoms. The van der Waals surface area contributed by atoms with E-state index in [1.807, 2.05) is 13.8 Å². The van der Waals surface area contributed by atoms with Crippen molar-refractivity contribution in [2.75, 3.05) is 13.2 Å². The largest absolute Gasteiger partial charge is 0.465 e. The van der Waals surface area contributed by atoms with Gasteiger partial charge in [0.25, 0.3) is 0 Å². The van der Waals surface area contributed by atoms with Crippen LogP contribution in [0.2, 0.25) is 0 Å². The molecule has 0 aromatic carbocycles. The van der Waals surface area contributed by atoms with E-state index in [2.05, 4.69) is 39.5 Å². The molecular weight excluding hydrogens is 588 g/mol. The molecular formula is C37H56O9. The van der Waals surface area contributed by atoms with Crippen LogP contribution in [0.1, 0.15) is 100 Å². The van der Waals surface area contributed by atoms with Crippen LogP contribution < -0.4 is 0 Å². The molecule has 12 atom stereocenters. The van der Waals surface area contributed by atoms with Gasteiger partial charge in [-0.1, -0.05) is 52.3 Å². The van der Waals surface area contributed by atoms with E-state index in [1.54, 1.807) is 0 Å². The van der Waals surface area contributed by atoms with Gasteiger partial charge in [-0.15, -0.1) is 6.58 Å². The number of hydrogen-bond donors (Lipinski definition) is 3. The van der Waals surface area contributed by atoms with Gasteiger partial charge in [-0.3, -0.25) is 14.4 Å². The number of esters is 3. The standard InChI is InChI=1S/C37H56O9/c1-10-36-16-14-28(41)33(7,19-44-21(2)38)26(36)13-15-34(8)27(36)12-11-24-25-17-32(5,6)30(43)31(46-23(4)40)37(25,20-45-22(3)39)29(42)18-35(24,34)9/h10-11,25-31,41-43H,1,12-20H2,2-9H3/t25?,26?,27?,28-,29+,30-,31-,33+,34+,35+,36-,37-/m0/s1. The van der Waals surface area contributed by atoms with Crippen LogP contribution in [-0.4, -0.2) is 70.9 Å². The zero-order chi connectivity index (χ0) is 34.3. The fraction of sp³-hybridized carbons (Fsp3) is 0.811. The van der Waals surface area contributed by atoms with E-state index in [0.717, 1.165) is 25.7 Å². The molecule has 4 saturated carbocycles. The third-order valence-electron chi connectivity index (χ3n) is 14.3. The number of aliphatic hydroxyl groups excluding tert-OH is 3.